The lowest BCUT2D eigenvalue weighted by molar-refractivity contribution is 0.331. The van der Waals surface area contributed by atoms with Gasteiger partial charge in [-0.05, 0) is 25.6 Å². The Hall–Kier alpha value is -1.80. The first-order valence-electron chi connectivity index (χ1n) is 9.10. The fourth-order valence-corrected chi connectivity index (χ4v) is 2.69. The Bertz CT molecular complexity index is 679. The second kappa shape index (κ2) is 13.4. The zero-order valence-electron chi connectivity index (χ0n) is 16.4. The van der Waals surface area contributed by atoms with Crippen molar-refractivity contribution in [1.29, 1.82) is 0 Å². The number of ether oxygens (including phenoxy) is 1. The minimum Gasteiger partial charge on any atom is -0.494 e. The number of aliphatic imine (C=N–C) groups is 1. The molecule has 5 nitrogen and oxygen atoms in total. The molecule has 2 rings (SSSR count). The fraction of sp³-hybridized carbons (Fsp3) is 0.381. The average Bonchev–Trinajstić information content (AvgIpc) is 2.66. The highest BCUT2D eigenvalue weighted by Gasteiger charge is 2.05. The molecule has 2 N–H and O–H groups in total. The summed E-state index contributed by atoms with van der Waals surface area (Å²) in [5, 5.41) is 6.71. The Morgan fingerprint density at radius 3 is 2.44 bits per heavy atom. The van der Waals surface area contributed by atoms with Crippen LogP contribution in [-0.2, 0) is 13.1 Å². The van der Waals surface area contributed by atoms with E-state index in [0.29, 0.717) is 13.2 Å². The van der Waals surface area contributed by atoms with E-state index in [-0.39, 0.29) is 24.0 Å². The molecule has 0 spiro atoms. The van der Waals surface area contributed by atoms with E-state index >= 15 is 0 Å². The van der Waals surface area contributed by atoms with Crippen LogP contribution >= 0.6 is 24.0 Å². The highest BCUT2D eigenvalue weighted by molar-refractivity contribution is 14.0. The number of guanidine groups is 1. The molecular formula is C21H31IN4O. The largest absolute Gasteiger partial charge is 0.494 e. The minimum atomic E-state index is 0. The smallest absolute Gasteiger partial charge is 0.191 e. The predicted molar refractivity (Wildman–Crippen MR) is 124 cm³/mol. The lowest BCUT2D eigenvalue weighted by atomic mass is 10.2. The van der Waals surface area contributed by atoms with Gasteiger partial charge in [-0.25, -0.2) is 0 Å². The molecule has 27 heavy (non-hydrogen) atoms. The van der Waals surface area contributed by atoms with Crippen LogP contribution in [0.5, 0.6) is 5.75 Å². The molecule has 0 saturated heterocycles. The molecule has 0 aliphatic carbocycles. The number of benzene rings is 2. The summed E-state index contributed by atoms with van der Waals surface area (Å²) < 4.78 is 5.67. The van der Waals surface area contributed by atoms with E-state index in [0.717, 1.165) is 36.9 Å². The van der Waals surface area contributed by atoms with Crippen molar-refractivity contribution in [2.45, 2.75) is 20.0 Å². The number of hydrogen-bond acceptors (Lipinski definition) is 3. The van der Waals surface area contributed by atoms with Gasteiger partial charge in [0, 0.05) is 38.8 Å². The van der Waals surface area contributed by atoms with E-state index in [1.165, 1.54) is 5.56 Å². The topological polar surface area (TPSA) is 48.9 Å². The van der Waals surface area contributed by atoms with Crippen LogP contribution in [0.1, 0.15) is 18.1 Å². The second-order valence-corrected chi connectivity index (χ2v) is 6.12. The number of likely N-dealkylation sites (N-methyl/N-ethyl adjacent to an activating group) is 1. The summed E-state index contributed by atoms with van der Waals surface area (Å²) in [5.74, 6) is 1.71. The van der Waals surface area contributed by atoms with Crippen LogP contribution in [0.2, 0.25) is 0 Å². The fourth-order valence-electron chi connectivity index (χ4n) is 2.69. The van der Waals surface area contributed by atoms with Crippen molar-refractivity contribution in [3.8, 4) is 5.75 Å². The Labute approximate surface area is 180 Å². The van der Waals surface area contributed by atoms with Gasteiger partial charge >= 0.3 is 0 Å². The zero-order valence-corrected chi connectivity index (χ0v) is 18.8. The summed E-state index contributed by atoms with van der Waals surface area (Å²) in [6.07, 6.45) is 0. The highest BCUT2D eigenvalue weighted by atomic mass is 127. The van der Waals surface area contributed by atoms with E-state index in [1.54, 1.807) is 7.05 Å². The van der Waals surface area contributed by atoms with Crippen molar-refractivity contribution in [1.82, 2.24) is 15.5 Å². The molecule has 0 saturated carbocycles. The van der Waals surface area contributed by atoms with Crippen molar-refractivity contribution in [2.24, 2.45) is 4.99 Å². The quantitative estimate of drug-likeness (QED) is 0.327. The number of para-hydroxylation sites is 1. The van der Waals surface area contributed by atoms with E-state index < -0.39 is 0 Å². The lowest BCUT2D eigenvalue weighted by Crippen LogP contribution is -2.40. The molecule has 0 atom stereocenters. The second-order valence-electron chi connectivity index (χ2n) is 6.12. The van der Waals surface area contributed by atoms with Gasteiger partial charge in [-0.3, -0.25) is 4.99 Å². The number of rotatable bonds is 9. The number of hydrogen-bond donors (Lipinski definition) is 2. The third-order valence-corrected chi connectivity index (χ3v) is 4.02. The number of halogens is 1. The van der Waals surface area contributed by atoms with Crippen LogP contribution in [-0.4, -0.2) is 44.7 Å². The Kier molecular flexibility index (Phi) is 11.5. The summed E-state index contributed by atoms with van der Waals surface area (Å²) in [4.78, 5) is 6.59. The maximum Gasteiger partial charge on any atom is 0.191 e. The molecule has 6 heteroatoms. The van der Waals surface area contributed by atoms with Crippen LogP contribution < -0.4 is 15.4 Å². The van der Waals surface area contributed by atoms with E-state index in [2.05, 4.69) is 57.9 Å². The molecule has 148 valence electrons. The zero-order chi connectivity index (χ0) is 18.6. The molecule has 0 aliphatic rings. The molecule has 0 amide bonds. The molecular weight excluding hydrogens is 451 g/mol. The third kappa shape index (κ3) is 8.62. The lowest BCUT2D eigenvalue weighted by Gasteiger charge is -2.18. The summed E-state index contributed by atoms with van der Waals surface area (Å²) >= 11 is 0. The maximum atomic E-state index is 5.67. The molecule has 0 heterocycles. The highest BCUT2D eigenvalue weighted by Crippen LogP contribution is 2.17. The summed E-state index contributed by atoms with van der Waals surface area (Å²) in [5.41, 5.74) is 2.45. The molecule has 0 bridgehead atoms. The number of nitrogens with one attached hydrogen (secondary N) is 2. The molecule has 0 unspecified atom stereocenters. The molecule has 0 aliphatic heterocycles. The van der Waals surface area contributed by atoms with Gasteiger partial charge in [0.05, 0.1) is 6.61 Å². The SMILES string of the molecule is CCOc1ccccc1CNC(=NC)NCCN(C)Cc1ccccc1.I. The molecule has 0 radical (unpaired) electrons. The van der Waals surface area contributed by atoms with Gasteiger partial charge in [-0.1, -0.05) is 48.5 Å². The van der Waals surface area contributed by atoms with Crippen LogP contribution in [0, 0.1) is 0 Å². The molecule has 2 aromatic carbocycles. The van der Waals surface area contributed by atoms with Crippen molar-refractivity contribution in [3.63, 3.8) is 0 Å². The summed E-state index contributed by atoms with van der Waals surface area (Å²) in [7, 11) is 3.92. The summed E-state index contributed by atoms with van der Waals surface area (Å²) in [6, 6.07) is 18.6. The predicted octanol–water partition coefficient (Wildman–Crippen LogP) is 3.50. The van der Waals surface area contributed by atoms with Crippen molar-refractivity contribution < 1.29 is 4.74 Å². The van der Waals surface area contributed by atoms with E-state index in [9.17, 15) is 0 Å². The number of nitrogens with zero attached hydrogens (tertiary/aromatic N) is 2. The van der Waals surface area contributed by atoms with Gasteiger partial charge in [-0.15, -0.1) is 24.0 Å². The normalized spacial score (nSPS) is 11.0. The third-order valence-electron chi connectivity index (χ3n) is 4.02. The van der Waals surface area contributed by atoms with Gasteiger partial charge in [0.2, 0.25) is 0 Å². The standard InChI is InChI=1S/C21H30N4O.HI/c1-4-26-20-13-9-8-12-19(20)16-24-21(22-2)23-14-15-25(3)17-18-10-6-5-7-11-18;/h5-13H,4,14-17H2,1-3H3,(H2,22,23,24);1H. The molecule has 0 aromatic heterocycles. The van der Waals surface area contributed by atoms with Crippen molar-refractivity contribution in [3.05, 3.63) is 65.7 Å². The van der Waals surface area contributed by atoms with E-state index in [1.807, 2.05) is 31.2 Å². The van der Waals surface area contributed by atoms with Gasteiger partial charge in [-0.2, -0.15) is 0 Å². The first-order valence-corrected chi connectivity index (χ1v) is 9.10. The maximum absolute atomic E-state index is 5.67. The monoisotopic (exact) mass is 482 g/mol. The summed E-state index contributed by atoms with van der Waals surface area (Å²) in [6.45, 7) is 6.04. The van der Waals surface area contributed by atoms with Crippen molar-refractivity contribution >= 4 is 29.9 Å². The average molecular weight is 482 g/mol. The van der Waals surface area contributed by atoms with Crippen LogP contribution in [0.3, 0.4) is 0 Å². The first kappa shape index (κ1) is 23.2. The van der Waals surface area contributed by atoms with Crippen LogP contribution in [0.15, 0.2) is 59.6 Å². The Morgan fingerprint density at radius 2 is 1.74 bits per heavy atom. The first-order chi connectivity index (χ1) is 12.7. The van der Waals surface area contributed by atoms with Crippen LogP contribution in [0.25, 0.3) is 0 Å². The molecule has 0 fully saturated rings. The van der Waals surface area contributed by atoms with Crippen molar-refractivity contribution in [2.75, 3.05) is 33.8 Å². The van der Waals surface area contributed by atoms with E-state index in [4.69, 9.17) is 4.74 Å². The van der Waals surface area contributed by atoms with Gasteiger partial charge in [0.25, 0.3) is 0 Å². The Morgan fingerprint density at radius 1 is 1.04 bits per heavy atom. The Balaban J connectivity index is 0.00000364. The van der Waals surface area contributed by atoms with Crippen LogP contribution in [0.4, 0.5) is 0 Å². The van der Waals surface area contributed by atoms with Gasteiger partial charge < -0.3 is 20.3 Å². The minimum absolute atomic E-state index is 0. The molecule has 2 aromatic rings. The van der Waals surface area contributed by atoms with Gasteiger partial charge in [0.1, 0.15) is 5.75 Å². The van der Waals surface area contributed by atoms with Gasteiger partial charge in [0.15, 0.2) is 5.96 Å².